The lowest BCUT2D eigenvalue weighted by Gasteiger charge is -2.24. The summed E-state index contributed by atoms with van der Waals surface area (Å²) in [5.74, 6) is 1.07. The molecule has 4 rings (SSSR count). The SMILES string of the molecule is Cc1cc(N(C)CCC(C)c2ccc(N(C)C)cc2F)ccc1C(C)CCn1ccc2cc(C(C)C)ccc21. The molecule has 0 aliphatic rings. The molecule has 0 saturated heterocycles. The summed E-state index contributed by atoms with van der Waals surface area (Å²) < 4.78 is 17.1. The molecule has 2 atom stereocenters. The fourth-order valence-corrected chi connectivity index (χ4v) is 5.58. The van der Waals surface area contributed by atoms with E-state index in [1.54, 1.807) is 6.07 Å². The third-order valence-electron chi connectivity index (χ3n) is 8.42. The summed E-state index contributed by atoms with van der Waals surface area (Å²) in [5.41, 5.74) is 8.39. The van der Waals surface area contributed by atoms with Gasteiger partial charge in [-0.2, -0.15) is 0 Å². The molecule has 3 nitrogen and oxygen atoms in total. The van der Waals surface area contributed by atoms with E-state index in [0.717, 1.165) is 37.2 Å². The van der Waals surface area contributed by atoms with Crippen LogP contribution in [0, 0.1) is 12.7 Å². The molecule has 3 aromatic carbocycles. The first-order valence-corrected chi connectivity index (χ1v) is 14.4. The van der Waals surface area contributed by atoms with Gasteiger partial charge in [-0.05, 0) is 108 Å². The van der Waals surface area contributed by atoms with Gasteiger partial charge in [-0.15, -0.1) is 0 Å². The Bertz CT molecular complexity index is 1400. The van der Waals surface area contributed by atoms with E-state index in [0.29, 0.717) is 11.8 Å². The van der Waals surface area contributed by atoms with E-state index in [1.165, 1.54) is 33.3 Å². The molecule has 4 aromatic rings. The largest absolute Gasteiger partial charge is 0.378 e. The number of benzene rings is 3. The average Bonchev–Trinajstić information content (AvgIpc) is 3.32. The van der Waals surface area contributed by atoms with Crippen LogP contribution in [-0.2, 0) is 6.54 Å². The summed E-state index contributed by atoms with van der Waals surface area (Å²) in [6, 6.07) is 21.6. The zero-order valence-electron chi connectivity index (χ0n) is 25.1. The lowest BCUT2D eigenvalue weighted by Crippen LogP contribution is -2.20. The van der Waals surface area contributed by atoms with Crippen molar-refractivity contribution in [2.24, 2.45) is 0 Å². The molecule has 0 saturated carbocycles. The topological polar surface area (TPSA) is 11.4 Å². The smallest absolute Gasteiger partial charge is 0.128 e. The Morgan fingerprint density at radius 1 is 0.769 bits per heavy atom. The molecule has 0 aliphatic carbocycles. The van der Waals surface area contributed by atoms with Crippen LogP contribution >= 0.6 is 0 Å². The van der Waals surface area contributed by atoms with E-state index in [9.17, 15) is 4.39 Å². The highest BCUT2D eigenvalue weighted by Crippen LogP contribution is 2.30. The van der Waals surface area contributed by atoms with Crippen LogP contribution < -0.4 is 9.80 Å². The lowest BCUT2D eigenvalue weighted by molar-refractivity contribution is 0.573. The van der Waals surface area contributed by atoms with Crippen molar-refractivity contribution < 1.29 is 4.39 Å². The summed E-state index contributed by atoms with van der Waals surface area (Å²) >= 11 is 0. The van der Waals surface area contributed by atoms with Crippen molar-refractivity contribution in [3.8, 4) is 0 Å². The van der Waals surface area contributed by atoms with Gasteiger partial charge >= 0.3 is 0 Å². The molecular weight excluding hydrogens is 481 g/mol. The minimum absolute atomic E-state index is 0.112. The predicted octanol–water partition coefficient (Wildman–Crippen LogP) is 9.10. The Labute approximate surface area is 235 Å². The number of hydrogen-bond donors (Lipinski definition) is 0. The fraction of sp³-hybridized carbons (Fsp3) is 0.429. The van der Waals surface area contributed by atoms with Crippen molar-refractivity contribution in [3.05, 3.63) is 94.9 Å². The van der Waals surface area contributed by atoms with Crippen LogP contribution in [-0.4, -0.2) is 32.3 Å². The number of anilines is 2. The van der Waals surface area contributed by atoms with Crippen molar-refractivity contribution >= 4 is 22.3 Å². The van der Waals surface area contributed by atoms with Gasteiger partial charge in [0.1, 0.15) is 5.82 Å². The highest BCUT2D eigenvalue weighted by molar-refractivity contribution is 5.81. The number of nitrogens with zero attached hydrogens (tertiary/aromatic N) is 3. The summed E-state index contributed by atoms with van der Waals surface area (Å²) in [6.07, 6.45) is 4.23. The number of aryl methyl sites for hydroxylation is 2. The van der Waals surface area contributed by atoms with Crippen LogP contribution in [0.1, 0.15) is 80.5 Å². The molecule has 208 valence electrons. The van der Waals surface area contributed by atoms with Crippen LogP contribution in [0.2, 0.25) is 0 Å². The third kappa shape index (κ3) is 6.66. The highest BCUT2D eigenvalue weighted by Gasteiger charge is 2.15. The minimum Gasteiger partial charge on any atom is -0.378 e. The Morgan fingerprint density at radius 2 is 1.46 bits per heavy atom. The molecule has 0 spiro atoms. The monoisotopic (exact) mass is 527 g/mol. The van der Waals surface area contributed by atoms with Gasteiger partial charge in [0.15, 0.2) is 0 Å². The van der Waals surface area contributed by atoms with Crippen molar-refractivity contribution in [2.45, 2.75) is 71.8 Å². The Morgan fingerprint density at radius 3 is 2.13 bits per heavy atom. The van der Waals surface area contributed by atoms with Crippen molar-refractivity contribution in [1.29, 1.82) is 0 Å². The third-order valence-corrected chi connectivity index (χ3v) is 8.42. The van der Waals surface area contributed by atoms with Crippen molar-refractivity contribution in [3.63, 3.8) is 0 Å². The number of rotatable bonds is 11. The van der Waals surface area contributed by atoms with Gasteiger partial charge in [-0.25, -0.2) is 4.39 Å². The highest BCUT2D eigenvalue weighted by atomic mass is 19.1. The summed E-state index contributed by atoms with van der Waals surface area (Å²) in [5, 5.41) is 1.33. The Kier molecular flexibility index (Phi) is 9.04. The number of fused-ring (bicyclic) bond motifs is 1. The number of aromatic nitrogens is 1. The maximum absolute atomic E-state index is 14.7. The molecule has 0 radical (unpaired) electrons. The molecular formula is C35H46FN3. The second-order valence-corrected chi connectivity index (χ2v) is 11.9. The fourth-order valence-electron chi connectivity index (χ4n) is 5.58. The molecule has 0 fully saturated rings. The van der Waals surface area contributed by atoms with Gasteiger partial charge in [-0.1, -0.05) is 45.9 Å². The van der Waals surface area contributed by atoms with Crippen molar-refractivity contribution in [2.75, 3.05) is 37.5 Å². The van der Waals surface area contributed by atoms with Gasteiger partial charge in [0.25, 0.3) is 0 Å². The van der Waals surface area contributed by atoms with Gasteiger partial charge in [0.2, 0.25) is 0 Å². The zero-order valence-corrected chi connectivity index (χ0v) is 25.1. The van der Waals surface area contributed by atoms with E-state index in [4.69, 9.17) is 0 Å². The zero-order chi connectivity index (χ0) is 28.3. The Hall–Kier alpha value is -3.27. The first-order valence-electron chi connectivity index (χ1n) is 14.4. The summed E-state index contributed by atoms with van der Waals surface area (Å²) in [7, 11) is 6.01. The first-order chi connectivity index (χ1) is 18.5. The van der Waals surface area contributed by atoms with Crippen LogP contribution in [0.15, 0.2) is 66.9 Å². The van der Waals surface area contributed by atoms with Crippen molar-refractivity contribution in [1.82, 2.24) is 4.57 Å². The van der Waals surface area contributed by atoms with Crippen LogP contribution in [0.4, 0.5) is 15.8 Å². The van der Waals surface area contributed by atoms with E-state index >= 15 is 0 Å². The quantitative estimate of drug-likeness (QED) is 0.193. The summed E-state index contributed by atoms with van der Waals surface area (Å²) in [4.78, 5) is 4.23. The van der Waals surface area contributed by atoms with E-state index < -0.39 is 0 Å². The molecule has 0 bridgehead atoms. The lowest BCUT2D eigenvalue weighted by atomic mass is 9.93. The van der Waals surface area contributed by atoms with Crippen LogP contribution in [0.25, 0.3) is 10.9 Å². The number of hydrogen-bond acceptors (Lipinski definition) is 2. The predicted molar refractivity (Wildman–Crippen MR) is 167 cm³/mol. The minimum atomic E-state index is -0.112. The molecule has 39 heavy (non-hydrogen) atoms. The molecule has 0 aliphatic heterocycles. The molecule has 1 heterocycles. The Balaban J connectivity index is 1.35. The second-order valence-electron chi connectivity index (χ2n) is 11.9. The molecule has 0 N–H and O–H groups in total. The van der Waals surface area contributed by atoms with E-state index in [-0.39, 0.29) is 11.7 Å². The van der Waals surface area contributed by atoms with Gasteiger partial charge in [-0.3, -0.25) is 0 Å². The van der Waals surface area contributed by atoms with Crippen LogP contribution in [0.3, 0.4) is 0 Å². The second kappa shape index (κ2) is 12.3. The van der Waals surface area contributed by atoms with Crippen LogP contribution in [0.5, 0.6) is 0 Å². The standard InChI is InChI=1S/C35H46FN3/c1-24(2)28-9-14-35-29(22-28)17-20-39(35)19-16-25(3)32-12-11-31(21-27(32)5)38(8)18-15-26(4)33-13-10-30(37(6)7)23-34(33)36/h9-14,17,20-26H,15-16,18-19H2,1-8H3. The molecule has 2 unspecified atom stereocenters. The first kappa shape index (κ1) is 28.7. The maximum Gasteiger partial charge on any atom is 0.128 e. The van der Waals surface area contributed by atoms with Gasteiger partial charge < -0.3 is 14.4 Å². The number of halogens is 1. The van der Waals surface area contributed by atoms with E-state index in [1.807, 2.05) is 31.1 Å². The summed E-state index contributed by atoms with van der Waals surface area (Å²) in [6.45, 7) is 13.1. The normalized spacial score (nSPS) is 13.2. The van der Waals surface area contributed by atoms with Gasteiger partial charge in [0.05, 0.1) is 0 Å². The average molecular weight is 528 g/mol. The van der Waals surface area contributed by atoms with E-state index in [2.05, 4.69) is 99.8 Å². The molecule has 0 amide bonds. The molecule has 1 aromatic heterocycles. The molecule has 4 heteroatoms. The maximum atomic E-state index is 14.7. The van der Waals surface area contributed by atoms with Gasteiger partial charge in [0, 0.05) is 57.3 Å².